The Bertz CT molecular complexity index is 1710. The summed E-state index contributed by atoms with van der Waals surface area (Å²) < 4.78 is 17.0. The van der Waals surface area contributed by atoms with E-state index in [9.17, 15) is 5.26 Å². The van der Waals surface area contributed by atoms with Crippen molar-refractivity contribution in [3.8, 4) is 17.3 Å². The van der Waals surface area contributed by atoms with Crippen LogP contribution < -0.4 is 10.6 Å². The van der Waals surface area contributed by atoms with Crippen molar-refractivity contribution in [2.45, 2.75) is 18.1 Å². The Balaban J connectivity index is 1.39. The molecule has 0 saturated carbocycles. The van der Waals surface area contributed by atoms with Crippen LogP contribution in [0.4, 0.5) is 10.3 Å². The van der Waals surface area contributed by atoms with Gasteiger partial charge in [-0.15, -0.1) is 0 Å². The molecule has 1 aliphatic heterocycles. The van der Waals surface area contributed by atoms with Crippen LogP contribution in [0.2, 0.25) is 10.2 Å². The normalized spacial score (nSPS) is 20.0. The van der Waals surface area contributed by atoms with Gasteiger partial charge in [0.25, 0.3) is 0 Å². The molecule has 3 N–H and O–H groups in total. The van der Waals surface area contributed by atoms with Gasteiger partial charge in [-0.1, -0.05) is 53.5 Å². The van der Waals surface area contributed by atoms with Crippen molar-refractivity contribution < 1.29 is 4.39 Å². The van der Waals surface area contributed by atoms with Gasteiger partial charge in [-0.2, -0.15) is 20.4 Å². The molecule has 2 unspecified atom stereocenters. The number of rotatable bonds is 3. The third kappa shape index (κ3) is 3.62. The number of nitrogens with zero attached hydrogens (tertiary/aromatic N) is 7. The van der Waals surface area contributed by atoms with Crippen molar-refractivity contribution in [2.75, 3.05) is 18.0 Å². The lowest BCUT2D eigenvalue weighted by molar-refractivity contribution is 0.158. The van der Waals surface area contributed by atoms with E-state index in [1.165, 1.54) is 4.68 Å². The van der Waals surface area contributed by atoms with Crippen LogP contribution >= 0.6 is 23.2 Å². The fourth-order valence-electron chi connectivity index (χ4n) is 4.91. The molecular weight excluding hydrogens is 516 g/mol. The number of aryl methyl sites for hydroxylation is 1. The number of fused-ring (bicyclic) bond motifs is 2. The maximum absolute atomic E-state index is 15.4. The molecule has 5 aromatic rings. The van der Waals surface area contributed by atoms with Crippen molar-refractivity contribution >= 4 is 51.1 Å². The van der Waals surface area contributed by atoms with Crippen molar-refractivity contribution in [3.63, 3.8) is 0 Å². The van der Waals surface area contributed by atoms with Crippen molar-refractivity contribution in [1.82, 2.24) is 29.9 Å². The van der Waals surface area contributed by atoms with Crippen LogP contribution in [0.15, 0.2) is 42.5 Å². The molecule has 1 saturated heterocycles. The molecule has 4 heterocycles. The van der Waals surface area contributed by atoms with Gasteiger partial charge in [0.1, 0.15) is 23.1 Å². The number of piperidine rings is 1. The van der Waals surface area contributed by atoms with Gasteiger partial charge in [-0.25, -0.2) is 9.37 Å². The first-order valence-corrected chi connectivity index (χ1v) is 12.3. The minimum Gasteiger partial charge on any atom is -0.338 e. The van der Waals surface area contributed by atoms with Gasteiger partial charge in [0.15, 0.2) is 11.3 Å². The molecule has 2 atom stereocenters. The van der Waals surface area contributed by atoms with E-state index in [2.05, 4.69) is 31.3 Å². The van der Waals surface area contributed by atoms with Gasteiger partial charge in [0, 0.05) is 19.2 Å². The summed E-state index contributed by atoms with van der Waals surface area (Å²) in [6, 6.07) is 14.9. The van der Waals surface area contributed by atoms with E-state index in [0.717, 1.165) is 5.56 Å². The molecule has 9 nitrogen and oxygen atoms in total. The number of H-pyrrole nitrogens is 1. The summed E-state index contributed by atoms with van der Waals surface area (Å²) in [7, 11) is 1.72. The molecule has 12 heteroatoms. The van der Waals surface area contributed by atoms with Crippen LogP contribution in [0.5, 0.6) is 0 Å². The smallest absolute Gasteiger partial charge is 0.228 e. The van der Waals surface area contributed by atoms with Gasteiger partial charge in [0.2, 0.25) is 5.95 Å². The SMILES string of the molecule is Cn1nc2ccc(-c3n[nH]c4nc(N5CCC(N)(c6ccccc6)C(F)C5)nc(C#N)c34)c(Cl)c2c1Cl. The minimum absolute atomic E-state index is 0.00916. The third-order valence-corrected chi connectivity index (χ3v) is 7.79. The zero-order chi connectivity index (χ0) is 25.9. The number of hydrogen-bond donors (Lipinski definition) is 2. The maximum atomic E-state index is 15.4. The van der Waals surface area contributed by atoms with Gasteiger partial charge < -0.3 is 10.6 Å². The first-order valence-electron chi connectivity index (χ1n) is 11.5. The first kappa shape index (κ1) is 23.6. The second-order valence-electron chi connectivity index (χ2n) is 9.09. The largest absolute Gasteiger partial charge is 0.338 e. The summed E-state index contributed by atoms with van der Waals surface area (Å²) >= 11 is 13.1. The highest BCUT2D eigenvalue weighted by atomic mass is 35.5. The molecule has 0 radical (unpaired) electrons. The van der Waals surface area contributed by atoms with Crippen LogP contribution in [-0.2, 0) is 12.6 Å². The summed E-state index contributed by atoms with van der Waals surface area (Å²) in [5.74, 6) is 0.230. The lowest BCUT2D eigenvalue weighted by Gasteiger charge is -2.42. The number of alkyl halides is 1. The Morgan fingerprint density at radius 3 is 2.68 bits per heavy atom. The fourth-order valence-corrected chi connectivity index (χ4v) is 5.53. The monoisotopic (exact) mass is 535 g/mol. The van der Waals surface area contributed by atoms with Crippen molar-refractivity contribution in [2.24, 2.45) is 12.8 Å². The quantitative estimate of drug-likeness (QED) is 0.348. The van der Waals surface area contributed by atoms with E-state index >= 15 is 4.39 Å². The van der Waals surface area contributed by atoms with Crippen LogP contribution in [0.3, 0.4) is 0 Å². The van der Waals surface area contributed by atoms with E-state index in [1.54, 1.807) is 24.1 Å². The average molecular weight is 536 g/mol. The summed E-state index contributed by atoms with van der Waals surface area (Å²) in [5.41, 5.74) is 8.19. The summed E-state index contributed by atoms with van der Waals surface area (Å²) in [6.45, 7) is 0.413. The lowest BCUT2D eigenvalue weighted by atomic mass is 9.80. The number of anilines is 1. The third-order valence-electron chi connectivity index (χ3n) is 6.97. The molecular formula is C25H20Cl2FN9. The molecule has 186 valence electrons. The number of aromatic amines is 1. The molecule has 1 aliphatic rings. The summed E-state index contributed by atoms with van der Waals surface area (Å²) in [4.78, 5) is 10.7. The van der Waals surface area contributed by atoms with Crippen molar-refractivity contribution in [3.05, 3.63) is 63.9 Å². The second kappa shape index (κ2) is 8.66. The highest BCUT2D eigenvalue weighted by Gasteiger charge is 2.42. The van der Waals surface area contributed by atoms with Crippen LogP contribution in [0, 0.1) is 11.3 Å². The Morgan fingerprint density at radius 2 is 1.95 bits per heavy atom. The number of nitrogens with two attached hydrogens (primary N) is 1. The van der Waals surface area contributed by atoms with Crippen LogP contribution in [-0.4, -0.2) is 49.2 Å². The van der Waals surface area contributed by atoms with E-state index in [0.29, 0.717) is 56.3 Å². The van der Waals surface area contributed by atoms with E-state index in [1.807, 2.05) is 30.3 Å². The van der Waals surface area contributed by atoms with Gasteiger partial charge in [-0.05, 0) is 24.1 Å². The van der Waals surface area contributed by atoms with E-state index < -0.39 is 11.7 Å². The first-order chi connectivity index (χ1) is 17.8. The topological polar surface area (TPSA) is 125 Å². The standard InChI is InChI=1S/C25H20Cl2FN9/c1-36-22(27)18-15(35-36)8-7-14(20(18)26)21-19-16(11-29)31-24(32-23(19)34-33-21)37-10-9-25(30,17(28)12-37)13-5-3-2-4-6-13/h2-8,17H,9-10,12,30H2,1H3,(H,31,32,33,34). The molecule has 37 heavy (non-hydrogen) atoms. The van der Waals surface area contributed by atoms with E-state index in [4.69, 9.17) is 28.9 Å². The molecule has 2 aromatic carbocycles. The molecule has 3 aromatic heterocycles. The second-order valence-corrected chi connectivity index (χ2v) is 9.82. The number of nitrogens with one attached hydrogen (secondary N) is 1. The highest BCUT2D eigenvalue weighted by Crippen LogP contribution is 2.40. The average Bonchev–Trinajstić information content (AvgIpc) is 3.46. The Hall–Kier alpha value is -3.78. The van der Waals surface area contributed by atoms with Crippen molar-refractivity contribution in [1.29, 1.82) is 5.26 Å². The zero-order valence-corrected chi connectivity index (χ0v) is 21.1. The number of aromatic nitrogens is 6. The minimum atomic E-state index is -1.36. The number of halogens is 3. The lowest BCUT2D eigenvalue weighted by Crippen LogP contribution is -2.57. The Kier molecular flexibility index (Phi) is 5.53. The number of benzene rings is 2. The Labute approximate surface area is 220 Å². The number of nitriles is 1. The predicted molar refractivity (Wildman–Crippen MR) is 140 cm³/mol. The molecule has 1 fully saturated rings. The van der Waals surface area contributed by atoms with Crippen LogP contribution in [0.25, 0.3) is 33.2 Å². The van der Waals surface area contributed by atoms with Gasteiger partial charge >= 0.3 is 0 Å². The molecule has 0 aliphatic carbocycles. The van der Waals surface area contributed by atoms with Crippen LogP contribution in [0.1, 0.15) is 17.7 Å². The van der Waals surface area contributed by atoms with E-state index in [-0.39, 0.29) is 18.2 Å². The predicted octanol–water partition coefficient (Wildman–Crippen LogP) is 4.49. The summed E-state index contributed by atoms with van der Waals surface area (Å²) in [5, 5.41) is 23.3. The molecule has 6 rings (SSSR count). The Morgan fingerprint density at radius 1 is 1.16 bits per heavy atom. The zero-order valence-electron chi connectivity index (χ0n) is 19.6. The number of hydrogen-bond acceptors (Lipinski definition) is 7. The van der Waals surface area contributed by atoms with Gasteiger partial charge in [-0.3, -0.25) is 9.78 Å². The van der Waals surface area contributed by atoms with Gasteiger partial charge in [0.05, 0.1) is 33.4 Å². The highest BCUT2D eigenvalue weighted by molar-refractivity contribution is 6.43. The molecule has 0 bridgehead atoms. The summed E-state index contributed by atoms with van der Waals surface area (Å²) in [6.07, 6.45) is -1.00. The molecule has 0 amide bonds. The fraction of sp³-hybridized carbons (Fsp3) is 0.240. The molecule has 0 spiro atoms. The maximum Gasteiger partial charge on any atom is 0.228 e.